The number of nitrogens with two attached hydrogens (primary N) is 4. The van der Waals surface area contributed by atoms with Gasteiger partial charge in [-0.3, -0.25) is 67.1 Å². The molecule has 0 radical (unpaired) electrons. The van der Waals surface area contributed by atoms with Crippen LogP contribution in [0.25, 0.3) is 10.9 Å². The van der Waals surface area contributed by atoms with Crippen LogP contribution in [0.3, 0.4) is 0 Å². The minimum Gasteiger partial charge on any atom is -0.481 e. The fourth-order valence-electron chi connectivity index (χ4n) is 12.6. The number of fused-ring (bicyclic) bond motifs is 1. The highest BCUT2D eigenvalue weighted by Crippen LogP contribution is 2.23. The molecule has 1 fully saturated rings. The number of carboxylic acid groups (broad SMARTS) is 1. The van der Waals surface area contributed by atoms with Crippen molar-refractivity contribution >= 4 is 99.6 Å². The summed E-state index contributed by atoms with van der Waals surface area (Å²) < 4.78 is 6.07. The second kappa shape index (κ2) is 47.8. The summed E-state index contributed by atoms with van der Waals surface area (Å²) in [5.74, 6) is -16.5. The largest absolute Gasteiger partial charge is 0.481 e. The normalized spacial score (nSPS) is 24.0. The van der Waals surface area contributed by atoms with Gasteiger partial charge in [-0.25, -0.2) is 4.79 Å². The summed E-state index contributed by atoms with van der Waals surface area (Å²) in [5, 5.41) is 56.7. The van der Waals surface area contributed by atoms with Crippen LogP contribution in [0, 0.1) is 17.8 Å². The zero-order valence-corrected chi connectivity index (χ0v) is 64.8. The van der Waals surface area contributed by atoms with Crippen molar-refractivity contribution in [3.63, 3.8) is 0 Å². The number of aliphatic carboxylic acids is 1. The molecule has 12 atom stereocenters. The molecule has 616 valence electrons. The van der Waals surface area contributed by atoms with E-state index in [0.29, 0.717) is 41.3 Å². The molecule has 0 spiro atoms. The molecular weight excluding hydrogens is 1440 g/mol. The number of aliphatic hydroxyl groups is 2. The monoisotopic (exact) mass is 1560 g/mol. The summed E-state index contributed by atoms with van der Waals surface area (Å²) in [6, 6.07) is -2.22. The predicted molar refractivity (Wildman–Crippen MR) is 407 cm³/mol. The molecule has 0 saturated carbocycles. The van der Waals surface area contributed by atoms with Gasteiger partial charge in [-0.1, -0.05) is 96.5 Å². The summed E-state index contributed by atoms with van der Waals surface area (Å²) in [5.41, 5.74) is 25.0. The van der Waals surface area contributed by atoms with E-state index < -0.39 is 213 Å². The number of rotatable bonds is 28. The van der Waals surface area contributed by atoms with E-state index in [9.17, 15) is 72.9 Å². The topological polar surface area (TPSA) is 573 Å². The number of aromatic amines is 1. The molecule has 36 heteroatoms. The molecule has 0 unspecified atom stereocenters. The number of benzene rings is 2. The third kappa shape index (κ3) is 31.3. The van der Waals surface area contributed by atoms with E-state index in [1.807, 2.05) is 13.8 Å². The Morgan fingerprint density at radius 2 is 1.02 bits per heavy atom. The van der Waals surface area contributed by atoms with Crippen LogP contribution in [0.4, 0.5) is 0 Å². The van der Waals surface area contributed by atoms with E-state index >= 15 is 14.4 Å². The number of aliphatic hydroxyl groups excluding tert-OH is 2. The minimum absolute atomic E-state index is 0.00658. The van der Waals surface area contributed by atoms with Crippen LogP contribution >= 0.6 is 0 Å². The molecule has 36 nitrogen and oxygen atoms in total. The van der Waals surface area contributed by atoms with Crippen molar-refractivity contribution in [1.82, 2.24) is 68.0 Å². The number of amides is 13. The number of para-hydroxylation sites is 1. The Balaban J connectivity index is 1.91. The molecule has 3 aromatic rings. The molecule has 1 saturated heterocycles. The molecule has 2 aromatic carbocycles. The highest BCUT2D eigenvalue weighted by Gasteiger charge is 2.41. The van der Waals surface area contributed by atoms with E-state index in [1.54, 1.807) is 88.5 Å². The van der Waals surface area contributed by atoms with E-state index in [4.69, 9.17) is 27.7 Å². The quantitative estimate of drug-likeness (QED) is 0.0259. The average molecular weight is 1560 g/mol. The van der Waals surface area contributed by atoms with Crippen molar-refractivity contribution in [2.75, 3.05) is 53.5 Å². The number of nitrogens with zero attached hydrogens (tertiary/aromatic N) is 2. The van der Waals surface area contributed by atoms with E-state index in [0.717, 1.165) is 9.80 Å². The fraction of sp³-hybridized carbons (Fsp3) is 0.613. The van der Waals surface area contributed by atoms with Crippen molar-refractivity contribution < 1.29 is 92.0 Å². The number of carbonyl (C=O) groups is 15. The Hall–Kier alpha value is -10.2. The Kier molecular flexibility index (Phi) is 40.1. The number of unbranched alkanes of at least 4 members (excludes halogenated alkanes) is 1. The number of hydrogen-bond donors (Lipinski definition) is 18. The number of cyclic esters (lactones) is 1. The minimum atomic E-state index is -1.92. The zero-order chi connectivity index (χ0) is 82.6. The van der Waals surface area contributed by atoms with Gasteiger partial charge < -0.3 is 111 Å². The second-order valence-corrected chi connectivity index (χ2v) is 29.1. The Bertz CT molecular complexity index is 3620. The maximum atomic E-state index is 15.2. The maximum absolute atomic E-state index is 15.2. The van der Waals surface area contributed by atoms with Gasteiger partial charge in [0.15, 0.2) is 0 Å². The van der Waals surface area contributed by atoms with Gasteiger partial charge in [-0.05, 0) is 125 Å². The number of aromatic nitrogens is 1. The number of carboxylic acids is 1. The first-order valence-electron chi connectivity index (χ1n) is 37.8. The van der Waals surface area contributed by atoms with E-state index in [1.165, 1.54) is 14.1 Å². The lowest BCUT2D eigenvalue weighted by molar-refractivity contribution is -0.162. The number of primary amides is 1. The number of hydrogen-bond acceptors (Lipinski definition) is 21. The molecule has 111 heavy (non-hydrogen) atoms. The summed E-state index contributed by atoms with van der Waals surface area (Å²) in [6.45, 7) is 7.66. The third-order valence-corrected chi connectivity index (χ3v) is 18.8. The van der Waals surface area contributed by atoms with Gasteiger partial charge in [0.2, 0.25) is 76.8 Å². The number of likely N-dealkylation sites (N-methyl/N-ethyl adjacent to an activating group) is 2. The van der Waals surface area contributed by atoms with E-state index in [2.05, 4.69) is 58.2 Å². The summed E-state index contributed by atoms with van der Waals surface area (Å²) in [4.78, 5) is 218. The summed E-state index contributed by atoms with van der Waals surface area (Å²) >= 11 is 0. The van der Waals surface area contributed by atoms with Crippen LogP contribution < -0.4 is 76.1 Å². The van der Waals surface area contributed by atoms with Gasteiger partial charge >= 0.3 is 11.9 Å². The lowest BCUT2D eigenvalue weighted by Crippen LogP contribution is -2.61. The van der Waals surface area contributed by atoms with Gasteiger partial charge in [0, 0.05) is 50.5 Å². The molecule has 0 aliphatic carbocycles. The SMILES string of the molecule is CC(C)CCC[C@@H]1CC(=O)N[C@@H](CO)C(=O)N[C@H](CC(N)=O)C(=O)N[C@@H](CO)C(=O)NCC(=O)N(C)[C@H](Cc2ccccc2)C(=O)N[C@@H](CC(C)C)C(=O)N[C@H](CCCN)C(=O)N[C@@H](CCC(=O)O)C(=O)N[C@H](CCCCN)C(=O)N[C@H](Cc2c[nH]c3ccccc23)C(=O)N[C@H](CCCN)C(=O)N(C)[C@@H](C(C)C)C(=O)O1. The van der Waals surface area contributed by atoms with Crippen LogP contribution in [0.5, 0.6) is 0 Å². The van der Waals surface area contributed by atoms with Crippen molar-refractivity contribution in [2.45, 2.75) is 223 Å². The molecule has 2 heterocycles. The average Bonchev–Trinajstić information content (AvgIpc) is 1.76. The Labute approximate surface area is 646 Å². The molecular formula is C75H117N17O19. The lowest BCUT2D eigenvalue weighted by Gasteiger charge is -2.34. The maximum Gasteiger partial charge on any atom is 0.329 e. The van der Waals surface area contributed by atoms with Gasteiger partial charge in [-0.15, -0.1) is 0 Å². The van der Waals surface area contributed by atoms with Crippen molar-refractivity contribution in [3.05, 3.63) is 71.9 Å². The molecule has 0 bridgehead atoms. The first-order valence-corrected chi connectivity index (χ1v) is 37.8. The van der Waals surface area contributed by atoms with Crippen molar-refractivity contribution in [2.24, 2.45) is 40.7 Å². The van der Waals surface area contributed by atoms with Gasteiger partial charge in [-0.2, -0.15) is 0 Å². The van der Waals surface area contributed by atoms with Crippen LogP contribution in [-0.4, -0.2) is 245 Å². The van der Waals surface area contributed by atoms with Gasteiger partial charge in [0.1, 0.15) is 72.6 Å². The number of esters is 1. The third-order valence-electron chi connectivity index (χ3n) is 18.8. The molecule has 1 aromatic heterocycles. The first kappa shape index (κ1) is 93.2. The van der Waals surface area contributed by atoms with Crippen LogP contribution in [-0.2, 0) is 89.5 Å². The smallest absolute Gasteiger partial charge is 0.329 e. The molecule has 4 rings (SSSR count). The Morgan fingerprint density at radius 1 is 0.523 bits per heavy atom. The Morgan fingerprint density at radius 3 is 1.59 bits per heavy atom. The fourth-order valence-corrected chi connectivity index (χ4v) is 12.6. The summed E-state index contributed by atoms with van der Waals surface area (Å²) in [6.07, 6.45) is -1.42. The standard InChI is InChI=1S/C75H117N17O19/c1-42(2)19-16-22-47-36-61(96)82-58(41-94)72(107)88-56(37-60(79)95)71(106)90-57(40-93)65(100)81-39-62(97)91(7)59(34-45-20-10-9-11-21-45)73(108)89-54(33-43(3)4)69(104)84-51(26-17-31-77)66(101)85-52(28-29-63(98)99)68(103)83-50(25-14-15-30-76)67(102)87-55(35-46-38-80-49-24-13-12-23-48(46)49)70(105)86-53(27-18-32-78)74(109)92(8)64(44(5)6)75(110)111-47/h9-13,20-21,23-24,38,42-44,47,50-59,64,80,93-94H,14-19,22,25-37,39-41,76-78H2,1-8H3,(H2,79,95)(H,81,100)(H,82,96)(H,83,103)(H,84,104)(H,85,101)(H,86,105)(H,87,102)(H,88,107)(H,89,108)(H,90,106)(H,98,99)/t47-,50-,51-,52+,53-,54+,55-,56-,57+,58+,59-,64+/m1/s1. The van der Waals surface area contributed by atoms with Gasteiger partial charge in [0.25, 0.3) is 0 Å². The van der Waals surface area contributed by atoms with Crippen molar-refractivity contribution in [1.29, 1.82) is 0 Å². The first-order chi connectivity index (χ1) is 52.7. The summed E-state index contributed by atoms with van der Waals surface area (Å²) in [7, 11) is 2.54. The van der Waals surface area contributed by atoms with Crippen molar-refractivity contribution in [3.8, 4) is 0 Å². The van der Waals surface area contributed by atoms with Crippen LogP contribution in [0.2, 0.25) is 0 Å². The number of nitrogens with one attached hydrogen (secondary N) is 11. The molecule has 22 N–H and O–H groups in total. The highest BCUT2D eigenvalue weighted by atomic mass is 16.5. The predicted octanol–water partition coefficient (Wildman–Crippen LogP) is -2.74. The van der Waals surface area contributed by atoms with Crippen LogP contribution in [0.1, 0.15) is 149 Å². The second-order valence-electron chi connectivity index (χ2n) is 29.1. The van der Waals surface area contributed by atoms with E-state index in [-0.39, 0.29) is 95.7 Å². The number of carbonyl (C=O) groups excluding carboxylic acids is 14. The van der Waals surface area contributed by atoms with Crippen LogP contribution in [0.15, 0.2) is 60.8 Å². The molecule has 13 amide bonds. The van der Waals surface area contributed by atoms with Gasteiger partial charge in [0.05, 0.1) is 32.6 Å². The zero-order valence-electron chi connectivity index (χ0n) is 64.8. The lowest BCUT2D eigenvalue weighted by atomic mass is 9.99. The number of H-pyrrole nitrogens is 1. The number of ether oxygens (including phenoxy) is 1. The highest BCUT2D eigenvalue weighted by molar-refractivity contribution is 6.00. The molecule has 1 aliphatic rings. The molecule has 1 aliphatic heterocycles.